The second kappa shape index (κ2) is 5.79. The fourth-order valence-corrected chi connectivity index (χ4v) is 4.09. The first-order chi connectivity index (χ1) is 11.9. The van der Waals surface area contributed by atoms with Gasteiger partial charge in [0.15, 0.2) is 0 Å². The van der Waals surface area contributed by atoms with Gasteiger partial charge in [-0.25, -0.2) is 17.2 Å². The van der Waals surface area contributed by atoms with Gasteiger partial charge in [-0.2, -0.15) is 18.4 Å². The highest BCUT2D eigenvalue weighted by Gasteiger charge is 2.55. The van der Waals surface area contributed by atoms with Gasteiger partial charge in [0.05, 0.1) is 16.9 Å². The number of sulfone groups is 1. The van der Waals surface area contributed by atoms with Crippen molar-refractivity contribution < 1.29 is 40.2 Å². The highest BCUT2D eigenvalue weighted by Crippen LogP contribution is 2.51. The predicted octanol–water partition coefficient (Wildman–Crippen LogP) is 2.89. The number of fused-ring (bicyclic) bond motifs is 1. The molecular formula is C15H12F5NO4S. The van der Waals surface area contributed by atoms with Crippen molar-refractivity contribution in [1.82, 2.24) is 0 Å². The molecule has 1 saturated carbocycles. The van der Waals surface area contributed by atoms with Crippen LogP contribution in [0.2, 0.25) is 0 Å². The third-order valence-corrected chi connectivity index (χ3v) is 6.07. The lowest BCUT2D eigenvalue weighted by molar-refractivity contribution is -0.0979. The molecule has 3 rings (SSSR count). The van der Waals surface area contributed by atoms with Crippen LogP contribution in [0.4, 0.5) is 22.0 Å². The summed E-state index contributed by atoms with van der Waals surface area (Å²) in [6.07, 6.45) is -3.67. The summed E-state index contributed by atoms with van der Waals surface area (Å²) in [7, 11) is -5.93. The molecule has 5 nitrogen and oxygen atoms in total. The molecule has 0 unspecified atom stereocenters. The zero-order valence-electron chi connectivity index (χ0n) is 12.9. The SMILES string of the molecule is N#CC1CC(Oc2ccc(S(=O)(=O)C(F)(F)F)c3c2CC(F)(F)[C@H]3O)C1. The largest absolute Gasteiger partial charge is 0.501 e. The number of aliphatic hydroxyl groups excluding tert-OH is 1. The Labute approximate surface area is 144 Å². The monoisotopic (exact) mass is 397 g/mol. The van der Waals surface area contributed by atoms with E-state index in [4.69, 9.17) is 10.00 Å². The molecule has 0 saturated heterocycles. The summed E-state index contributed by atoms with van der Waals surface area (Å²) < 4.78 is 95.2. The Kier molecular flexibility index (Phi) is 4.19. The van der Waals surface area contributed by atoms with Gasteiger partial charge in [0.25, 0.3) is 15.8 Å². The highest BCUT2D eigenvalue weighted by molar-refractivity contribution is 7.92. The number of nitrogens with zero attached hydrogens (tertiary/aromatic N) is 1. The first-order valence-electron chi connectivity index (χ1n) is 7.47. The Bertz CT molecular complexity index is 885. The van der Waals surface area contributed by atoms with Gasteiger partial charge in [-0.1, -0.05) is 0 Å². The van der Waals surface area contributed by atoms with Gasteiger partial charge in [0.2, 0.25) is 0 Å². The fourth-order valence-electron chi connectivity index (χ4n) is 3.07. The molecule has 0 bridgehead atoms. The second-order valence-corrected chi connectivity index (χ2v) is 8.19. The first-order valence-corrected chi connectivity index (χ1v) is 8.96. The van der Waals surface area contributed by atoms with Crippen molar-refractivity contribution >= 4 is 9.84 Å². The maximum absolute atomic E-state index is 13.9. The van der Waals surface area contributed by atoms with Gasteiger partial charge < -0.3 is 9.84 Å². The van der Waals surface area contributed by atoms with E-state index in [2.05, 4.69) is 0 Å². The van der Waals surface area contributed by atoms with E-state index < -0.39 is 55.9 Å². The Morgan fingerprint density at radius 2 is 1.88 bits per heavy atom. The molecule has 1 aromatic carbocycles. The van der Waals surface area contributed by atoms with E-state index in [9.17, 15) is 35.5 Å². The minimum absolute atomic E-state index is 0.210. The smallest absolute Gasteiger partial charge is 0.490 e. The lowest BCUT2D eigenvalue weighted by atomic mass is 9.83. The lowest BCUT2D eigenvalue weighted by Crippen LogP contribution is -2.33. The first kappa shape index (κ1) is 18.8. The molecule has 1 fully saturated rings. The zero-order valence-corrected chi connectivity index (χ0v) is 13.7. The van der Waals surface area contributed by atoms with E-state index in [0.29, 0.717) is 18.9 Å². The number of hydrogen-bond donors (Lipinski definition) is 1. The van der Waals surface area contributed by atoms with E-state index >= 15 is 0 Å². The molecule has 142 valence electrons. The van der Waals surface area contributed by atoms with Gasteiger partial charge in [-0.05, 0) is 12.1 Å². The van der Waals surface area contributed by atoms with Crippen LogP contribution in [0.1, 0.15) is 30.1 Å². The number of halogens is 5. The van der Waals surface area contributed by atoms with Crippen molar-refractivity contribution in [3.8, 4) is 11.8 Å². The number of nitriles is 1. The maximum Gasteiger partial charge on any atom is 0.501 e. The van der Waals surface area contributed by atoms with Crippen LogP contribution in [0.5, 0.6) is 5.75 Å². The van der Waals surface area contributed by atoms with Crippen LogP contribution in [0.3, 0.4) is 0 Å². The standard InChI is InChI=1S/C15H12F5NO4S/c16-14(17)5-9-10(25-8-3-7(4-8)6-21)1-2-11(12(9)13(14)22)26(23,24)15(18,19)20/h1-2,7-8,13,22H,3-5H2/t7?,8?,13-/m0/s1. The molecule has 1 aromatic rings. The van der Waals surface area contributed by atoms with E-state index in [1.54, 1.807) is 0 Å². The number of benzene rings is 1. The topological polar surface area (TPSA) is 87.4 Å². The molecule has 26 heavy (non-hydrogen) atoms. The van der Waals surface area contributed by atoms with Gasteiger partial charge in [0.1, 0.15) is 18.0 Å². The summed E-state index contributed by atoms with van der Waals surface area (Å²) in [6.45, 7) is 0. The lowest BCUT2D eigenvalue weighted by Gasteiger charge is -2.31. The molecule has 0 aliphatic heterocycles. The number of rotatable bonds is 3. The van der Waals surface area contributed by atoms with Gasteiger partial charge >= 0.3 is 5.51 Å². The number of alkyl halides is 5. The second-order valence-electron chi connectivity index (χ2n) is 6.28. The van der Waals surface area contributed by atoms with Crippen LogP contribution in [-0.2, 0) is 16.3 Å². The minimum atomic E-state index is -5.93. The minimum Gasteiger partial charge on any atom is -0.490 e. The van der Waals surface area contributed by atoms with E-state index in [-0.39, 0.29) is 11.7 Å². The third kappa shape index (κ3) is 2.81. The van der Waals surface area contributed by atoms with E-state index in [1.807, 2.05) is 6.07 Å². The van der Waals surface area contributed by atoms with Crippen molar-refractivity contribution in [3.05, 3.63) is 23.3 Å². The molecule has 0 radical (unpaired) electrons. The van der Waals surface area contributed by atoms with Crippen molar-refractivity contribution in [3.63, 3.8) is 0 Å². The van der Waals surface area contributed by atoms with Gasteiger partial charge in [-0.15, -0.1) is 0 Å². The van der Waals surface area contributed by atoms with Crippen LogP contribution in [0, 0.1) is 17.2 Å². The van der Waals surface area contributed by atoms with Crippen LogP contribution < -0.4 is 4.74 Å². The molecule has 2 aliphatic rings. The van der Waals surface area contributed by atoms with Gasteiger partial charge in [-0.3, -0.25) is 0 Å². The average Bonchev–Trinajstić information content (AvgIpc) is 2.72. The summed E-state index contributed by atoms with van der Waals surface area (Å²) in [5, 5.41) is 18.5. The molecule has 0 heterocycles. The Hall–Kier alpha value is -1.93. The summed E-state index contributed by atoms with van der Waals surface area (Å²) in [6, 6.07) is 3.39. The molecule has 0 aromatic heterocycles. The van der Waals surface area contributed by atoms with Crippen LogP contribution in [0.25, 0.3) is 0 Å². The molecule has 0 amide bonds. The predicted molar refractivity (Wildman–Crippen MR) is 76.0 cm³/mol. The van der Waals surface area contributed by atoms with Crippen molar-refractivity contribution in [2.24, 2.45) is 5.92 Å². The quantitative estimate of drug-likeness (QED) is 0.793. The average molecular weight is 397 g/mol. The van der Waals surface area contributed by atoms with Gasteiger partial charge in [0, 0.05) is 30.4 Å². The maximum atomic E-state index is 13.9. The summed E-state index contributed by atoms with van der Waals surface area (Å²) >= 11 is 0. The van der Waals surface area contributed by atoms with E-state index in [1.165, 1.54) is 0 Å². The molecule has 11 heteroatoms. The van der Waals surface area contributed by atoms with E-state index in [0.717, 1.165) is 6.07 Å². The number of aliphatic hydroxyl groups is 1. The molecule has 0 spiro atoms. The van der Waals surface area contributed by atoms with Crippen molar-refractivity contribution in [2.75, 3.05) is 0 Å². The van der Waals surface area contributed by atoms with Crippen molar-refractivity contribution in [2.45, 2.75) is 47.8 Å². The number of hydrogen-bond acceptors (Lipinski definition) is 5. The molecule has 1 atom stereocenters. The number of ether oxygens (including phenoxy) is 1. The fraction of sp³-hybridized carbons (Fsp3) is 0.533. The molecular weight excluding hydrogens is 385 g/mol. The third-order valence-electron chi connectivity index (χ3n) is 4.53. The van der Waals surface area contributed by atoms with Crippen LogP contribution in [-0.4, -0.2) is 31.1 Å². The van der Waals surface area contributed by atoms with Crippen molar-refractivity contribution in [1.29, 1.82) is 5.26 Å². The molecule has 1 N–H and O–H groups in total. The summed E-state index contributed by atoms with van der Waals surface area (Å²) in [5.41, 5.74) is -7.15. The summed E-state index contributed by atoms with van der Waals surface area (Å²) in [4.78, 5) is -1.40. The Morgan fingerprint density at radius 3 is 2.42 bits per heavy atom. The Balaban J connectivity index is 2.06. The van der Waals surface area contributed by atoms with Crippen LogP contribution >= 0.6 is 0 Å². The normalized spacial score (nSPS) is 27.3. The van der Waals surface area contributed by atoms with Crippen LogP contribution in [0.15, 0.2) is 17.0 Å². The molecule has 2 aliphatic carbocycles. The Morgan fingerprint density at radius 1 is 1.27 bits per heavy atom. The summed E-state index contributed by atoms with van der Waals surface area (Å²) in [5.74, 6) is -4.30. The zero-order chi connectivity index (χ0) is 19.5. The highest BCUT2D eigenvalue weighted by atomic mass is 32.2.